The van der Waals surface area contributed by atoms with Gasteiger partial charge in [0.05, 0.1) is 18.2 Å². The zero-order chi connectivity index (χ0) is 23.9. The molecule has 4 aromatic rings. The summed E-state index contributed by atoms with van der Waals surface area (Å²) in [6, 6.07) is 13.4. The van der Waals surface area contributed by atoms with Crippen molar-refractivity contribution in [3.8, 4) is 16.9 Å². The molecule has 34 heavy (non-hydrogen) atoms. The van der Waals surface area contributed by atoms with Crippen molar-refractivity contribution in [3.05, 3.63) is 78.5 Å². The third-order valence-electron chi connectivity index (χ3n) is 5.86. The summed E-state index contributed by atoms with van der Waals surface area (Å²) >= 11 is 0. The van der Waals surface area contributed by atoms with Gasteiger partial charge in [-0.15, -0.1) is 5.10 Å². The molecule has 7 nitrogen and oxygen atoms in total. The van der Waals surface area contributed by atoms with Crippen LogP contribution in [0.5, 0.6) is 0 Å². The quantitative estimate of drug-likeness (QED) is 0.444. The van der Waals surface area contributed by atoms with Crippen molar-refractivity contribution in [1.29, 1.82) is 0 Å². The van der Waals surface area contributed by atoms with Crippen molar-refractivity contribution < 1.29 is 18.0 Å². The number of hydrogen-bond acceptors (Lipinski definition) is 4. The second kappa shape index (κ2) is 8.44. The molecule has 1 aliphatic heterocycles. The molecule has 0 N–H and O–H groups in total. The molecule has 1 amide bonds. The lowest BCUT2D eigenvalue weighted by Crippen LogP contribution is -2.42. The number of nitrogens with zero attached hydrogens (tertiary/aromatic N) is 6. The molecule has 5 rings (SSSR count). The summed E-state index contributed by atoms with van der Waals surface area (Å²) in [6.45, 7) is 0.558. The van der Waals surface area contributed by atoms with E-state index in [1.54, 1.807) is 36.8 Å². The first-order valence-electron chi connectivity index (χ1n) is 10.8. The largest absolute Gasteiger partial charge is 0.406 e. The number of amides is 1. The first-order chi connectivity index (χ1) is 16.3. The van der Waals surface area contributed by atoms with Gasteiger partial charge in [-0.1, -0.05) is 35.5 Å². The van der Waals surface area contributed by atoms with Gasteiger partial charge in [-0.2, -0.15) is 13.2 Å². The minimum atomic E-state index is -4.53. The fourth-order valence-corrected chi connectivity index (χ4v) is 4.22. The molecule has 2 aromatic heterocycles. The third kappa shape index (κ3) is 4.30. The minimum absolute atomic E-state index is 0.290. The van der Waals surface area contributed by atoms with Crippen LogP contribution in [0, 0.1) is 6.92 Å². The van der Waals surface area contributed by atoms with Crippen molar-refractivity contribution in [2.24, 2.45) is 0 Å². The zero-order valence-corrected chi connectivity index (χ0v) is 18.3. The maximum atomic E-state index is 13.3. The first-order valence-corrected chi connectivity index (χ1v) is 10.8. The van der Waals surface area contributed by atoms with E-state index in [0.29, 0.717) is 24.1 Å². The van der Waals surface area contributed by atoms with Crippen LogP contribution in [0.2, 0.25) is 0 Å². The maximum absolute atomic E-state index is 13.3. The standard InChI is InChI=1S/C24H21F3N6O/c1-16-12-31(15-28-16)19-9-6-17(7-10-19)20-13-33(30-29-20)22-11-8-18-4-2-3-5-21(18)32(23(22)34)14-24(25,26)27/h2-7,9-10,12-13,15,22H,8,11,14H2,1H3. The third-order valence-corrected chi connectivity index (χ3v) is 5.86. The Kier molecular flexibility index (Phi) is 5.43. The number of anilines is 1. The molecular formula is C24H21F3N6O. The van der Waals surface area contributed by atoms with Crippen molar-refractivity contribution in [2.45, 2.75) is 32.0 Å². The van der Waals surface area contributed by atoms with E-state index in [4.69, 9.17) is 0 Å². The number of alkyl halides is 3. The molecule has 174 valence electrons. The molecule has 0 aliphatic carbocycles. The molecule has 10 heteroatoms. The number of fused-ring (bicyclic) bond motifs is 1. The Morgan fingerprint density at radius 3 is 2.53 bits per heavy atom. The van der Waals surface area contributed by atoms with Crippen molar-refractivity contribution >= 4 is 11.6 Å². The van der Waals surface area contributed by atoms with Crippen LogP contribution in [0.4, 0.5) is 18.9 Å². The lowest BCUT2D eigenvalue weighted by Gasteiger charge is -2.26. The molecule has 0 radical (unpaired) electrons. The van der Waals surface area contributed by atoms with Gasteiger partial charge in [-0.25, -0.2) is 9.67 Å². The Balaban J connectivity index is 1.42. The van der Waals surface area contributed by atoms with E-state index in [0.717, 1.165) is 21.8 Å². The van der Waals surface area contributed by atoms with Crippen LogP contribution in [0.3, 0.4) is 0 Å². The monoisotopic (exact) mass is 466 g/mol. The van der Waals surface area contributed by atoms with E-state index in [-0.39, 0.29) is 5.69 Å². The topological polar surface area (TPSA) is 68.8 Å². The number of imidazole rings is 1. The first kappa shape index (κ1) is 21.9. The van der Waals surface area contributed by atoms with Gasteiger partial charge in [0, 0.05) is 23.1 Å². The van der Waals surface area contributed by atoms with Gasteiger partial charge in [0.25, 0.3) is 5.91 Å². The van der Waals surface area contributed by atoms with Crippen LogP contribution in [-0.2, 0) is 11.2 Å². The number of para-hydroxylation sites is 1. The molecule has 2 aromatic carbocycles. The highest BCUT2D eigenvalue weighted by Crippen LogP contribution is 2.34. The average Bonchev–Trinajstić information content (AvgIpc) is 3.44. The molecule has 0 saturated heterocycles. The van der Waals surface area contributed by atoms with Gasteiger partial charge in [0.15, 0.2) is 0 Å². The van der Waals surface area contributed by atoms with Crippen molar-refractivity contribution in [3.63, 3.8) is 0 Å². The van der Waals surface area contributed by atoms with E-state index in [1.165, 1.54) is 4.68 Å². The smallest absolute Gasteiger partial charge is 0.306 e. The van der Waals surface area contributed by atoms with E-state index in [1.807, 2.05) is 42.0 Å². The van der Waals surface area contributed by atoms with Crippen molar-refractivity contribution in [2.75, 3.05) is 11.4 Å². The average molecular weight is 466 g/mol. The predicted molar refractivity (Wildman–Crippen MR) is 120 cm³/mol. The second-order valence-electron chi connectivity index (χ2n) is 8.28. The fourth-order valence-electron chi connectivity index (χ4n) is 4.22. The van der Waals surface area contributed by atoms with Crippen LogP contribution in [0.1, 0.15) is 23.7 Å². The number of hydrogen-bond donors (Lipinski definition) is 0. The van der Waals surface area contributed by atoms with Crippen LogP contribution in [0.25, 0.3) is 16.9 Å². The summed E-state index contributed by atoms with van der Waals surface area (Å²) in [6.07, 6.45) is 1.50. The summed E-state index contributed by atoms with van der Waals surface area (Å²) in [5.74, 6) is -0.649. The summed E-state index contributed by atoms with van der Waals surface area (Å²) in [7, 11) is 0. The Morgan fingerprint density at radius 2 is 1.82 bits per heavy atom. The highest BCUT2D eigenvalue weighted by Gasteiger charge is 2.39. The van der Waals surface area contributed by atoms with E-state index >= 15 is 0 Å². The molecule has 0 fully saturated rings. The number of carbonyl (C=O) groups excluding carboxylic acids is 1. The molecule has 0 spiro atoms. The number of aryl methyl sites for hydroxylation is 2. The highest BCUT2D eigenvalue weighted by atomic mass is 19.4. The molecule has 1 aliphatic rings. The fraction of sp³-hybridized carbons (Fsp3) is 0.250. The number of rotatable bonds is 4. The lowest BCUT2D eigenvalue weighted by atomic mass is 10.1. The molecule has 0 saturated carbocycles. The summed E-state index contributed by atoms with van der Waals surface area (Å²) in [5.41, 5.74) is 4.14. The zero-order valence-electron chi connectivity index (χ0n) is 18.3. The number of halogens is 3. The van der Waals surface area contributed by atoms with Gasteiger partial charge in [-0.05, 0) is 43.5 Å². The minimum Gasteiger partial charge on any atom is -0.306 e. The number of carbonyl (C=O) groups is 1. The van der Waals surface area contributed by atoms with Gasteiger partial charge in [0.1, 0.15) is 18.3 Å². The number of aromatic nitrogens is 5. The molecule has 3 heterocycles. The van der Waals surface area contributed by atoms with Crippen LogP contribution in [0.15, 0.2) is 67.3 Å². The predicted octanol–water partition coefficient (Wildman–Crippen LogP) is 4.52. The summed E-state index contributed by atoms with van der Waals surface area (Å²) in [4.78, 5) is 18.3. The second-order valence-corrected chi connectivity index (χ2v) is 8.28. The van der Waals surface area contributed by atoms with Crippen LogP contribution >= 0.6 is 0 Å². The van der Waals surface area contributed by atoms with Gasteiger partial charge >= 0.3 is 6.18 Å². The summed E-state index contributed by atoms with van der Waals surface area (Å²) in [5, 5.41) is 8.29. The van der Waals surface area contributed by atoms with Crippen LogP contribution < -0.4 is 4.90 Å². The highest BCUT2D eigenvalue weighted by molar-refractivity contribution is 5.97. The Bertz CT molecular complexity index is 1320. The Hall–Kier alpha value is -3.95. The number of benzene rings is 2. The van der Waals surface area contributed by atoms with Gasteiger partial charge in [0.2, 0.25) is 0 Å². The van der Waals surface area contributed by atoms with Crippen LogP contribution in [-0.4, -0.2) is 43.2 Å². The molecule has 0 bridgehead atoms. The Labute approximate surface area is 193 Å². The van der Waals surface area contributed by atoms with E-state index < -0.39 is 24.7 Å². The Morgan fingerprint density at radius 1 is 1.06 bits per heavy atom. The lowest BCUT2D eigenvalue weighted by molar-refractivity contribution is -0.134. The summed E-state index contributed by atoms with van der Waals surface area (Å²) < 4.78 is 43.2. The van der Waals surface area contributed by atoms with E-state index in [9.17, 15) is 18.0 Å². The van der Waals surface area contributed by atoms with E-state index in [2.05, 4.69) is 15.3 Å². The van der Waals surface area contributed by atoms with Crippen molar-refractivity contribution in [1.82, 2.24) is 24.5 Å². The maximum Gasteiger partial charge on any atom is 0.406 e. The molecular weight excluding hydrogens is 445 g/mol. The molecule has 1 unspecified atom stereocenters. The van der Waals surface area contributed by atoms with Gasteiger partial charge in [-0.3, -0.25) is 4.79 Å². The normalized spacial score (nSPS) is 16.4. The van der Waals surface area contributed by atoms with Gasteiger partial charge < -0.3 is 9.47 Å². The SMILES string of the molecule is Cc1cn(-c2ccc(-c3cn(C4CCc5ccccc5N(CC(F)(F)F)C4=O)nn3)cc2)cn1. The molecule has 1 atom stereocenters.